The molecule has 8 rings (SSSR count). The molecule has 0 bridgehead atoms. The molecular weight excluding hydrogens is 1030 g/mol. The normalized spacial score (nSPS) is 14.3. The number of amides is 1. The molecule has 0 aliphatic carbocycles. The molecule has 18 heteroatoms. The third kappa shape index (κ3) is 13.3. The van der Waals surface area contributed by atoms with E-state index in [1.54, 1.807) is 66.3 Å². The molecule has 2 aromatic carbocycles. The van der Waals surface area contributed by atoms with Crippen molar-refractivity contribution in [1.82, 2.24) is 15.0 Å². The van der Waals surface area contributed by atoms with E-state index in [1.165, 1.54) is 59.9 Å². The molecule has 0 N–H and O–H groups in total. The number of ketones is 1. The number of pyridine rings is 2. The number of carbonyl (C=O) groups is 2. The van der Waals surface area contributed by atoms with Gasteiger partial charge in [-0.25, -0.2) is 15.0 Å². The summed E-state index contributed by atoms with van der Waals surface area (Å²) in [4.78, 5) is 43.8. The Morgan fingerprint density at radius 1 is 0.600 bits per heavy atom. The summed E-state index contributed by atoms with van der Waals surface area (Å²) in [7, 11) is 12.4. The predicted octanol–water partition coefficient (Wildman–Crippen LogP) is 11.2. The van der Waals surface area contributed by atoms with E-state index in [9.17, 15) is 9.59 Å². The number of benzene rings is 2. The summed E-state index contributed by atoms with van der Waals surface area (Å²) in [5.74, 6) is 5.50. The van der Waals surface area contributed by atoms with Crippen molar-refractivity contribution in [2.75, 3.05) is 92.8 Å². The first-order valence-corrected chi connectivity index (χ1v) is 24.4. The Bertz CT molecular complexity index is 2530. The number of piperidine rings is 2. The lowest BCUT2D eigenvalue weighted by Gasteiger charge is -2.28. The number of Topliss-reactive ketones (excluding diaryl/α,β-unsaturated/α-hetero) is 1. The highest BCUT2D eigenvalue weighted by Gasteiger charge is 2.27. The highest BCUT2D eigenvalue weighted by atomic mass is 79.9. The van der Waals surface area contributed by atoms with Crippen LogP contribution < -0.4 is 28.7 Å². The fourth-order valence-corrected chi connectivity index (χ4v) is 9.08. The fraction of sp³-hybridized carbons (Fsp3) is 0.385. The number of methoxy groups -OCH3 is 6. The number of hydroxylamine groups is 2. The second kappa shape index (κ2) is 26.3. The van der Waals surface area contributed by atoms with Crippen LogP contribution in [0.15, 0.2) is 109 Å². The fourth-order valence-electron chi connectivity index (χ4n) is 7.98. The topological polar surface area (TPSA) is 161 Å². The molecule has 0 radical (unpaired) electrons. The Labute approximate surface area is 426 Å². The van der Waals surface area contributed by atoms with Gasteiger partial charge in [0.15, 0.2) is 11.9 Å². The van der Waals surface area contributed by atoms with Crippen molar-refractivity contribution in [2.24, 2.45) is 0 Å². The zero-order chi connectivity index (χ0) is 50.2. The Morgan fingerprint density at radius 2 is 1.06 bits per heavy atom. The van der Waals surface area contributed by atoms with E-state index in [4.69, 9.17) is 42.1 Å². The first-order valence-electron chi connectivity index (χ1n) is 22.8. The Morgan fingerprint density at radius 3 is 1.44 bits per heavy atom. The molecule has 2 saturated heterocycles. The van der Waals surface area contributed by atoms with Crippen LogP contribution in [0, 0.1) is 0 Å². The highest BCUT2D eigenvalue weighted by Crippen LogP contribution is 2.41. The van der Waals surface area contributed by atoms with Gasteiger partial charge in [-0.3, -0.25) is 14.4 Å². The molecule has 70 heavy (non-hydrogen) atoms. The Kier molecular flexibility index (Phi) is 20.1. The van der Waals surface area contributed by atoms with E-state index in [1.807, 2.05) is 60.7 Å². The smallest absolute Gasteiger partial charge is 0.279 e. The minimum atomic E-state index is -0.805. The second-order valence-electron chi connectivity index (χ2n) is 16.1. The van der Waals surface area contributed by atoms with Crippen molar-refractivity contribution >= 4 is 55.2 Å². The van der Waals surface area contributed by atoms with Crippen molar-refractivity contribution < 1.29 is 51.7 Å². The molecule has 2 unspecified atom stereocenters. The van der Waals surface area contributed by atoms with Gasteiger partial charge in [0.2, 0.25) is 5.78 Å². The van der Waals surface area contributed by atoms with Crippen molar-refractivity contribution in [3.05, 3.63) is 117 Å². The summed E-state index contributed by atoms with van der Waals surface area (Å²) in [6.07, 6.45) is 10.9. The number of rotatable bonds is 16. The first kappa shape index (κ1) is 53.4. The Hall–Kier alpha value is -5.92. The zero-order valence-corrected chi connectivity index (χ0v) is 44.0. The molecule has 2 aliphatic rings. The molecular formula is C52H61Br2N5O11. The van der Waals surface area contributed by atoms with Gasteiger partial charge in [0.25, 0.3) is 5.91 Å². The van der Waals surface area contributed by atoms with Gasteiger partial charge < -0.3 is 47.1 Å². The van der Waals surface area contributed by atoms with E-state index >= 15 is 0 Å². The maximum atomic E-state index is 13.2. The molecule has 0 spiro atoms. The van der Waals surface area contributed by atoms with Crippen LogP contribution in [0.25, 0.3) is 22.6 Å². The van der Waals surface area contributed by atoms with Crippen LogP contribution in [0.3, 0.4) is 0 Å². The van der Waals surface area contributed by atoms with Gasteiger partial charge in [0.1, 0.15) is 61.2 Å². The van der Waals surface area contributed by atoms with Crippen molar-refractivity contribution in [3.8, 4) is 45.6 Å². The van der Waals surface area contributed by atoms with Crippen LogP contribution in [0.5, 0.6) is 23.0 Å². The number of hydrogen-bond donors (Lipinski definition) is 0. The van der Waals surface area contributed by atoms with E-state index in [2.05, 4.69) is 51.6 Å². The van der Waals surface area contributed by atoms with Gasteiger partial charge in [-0.05, 0) is 131 Å². The van der Waals surface area contributed by atoms with Crippen molar-refractivity contribution in [2.45, 2.75) is 50.7 Å². The standard InChI is InChI=1S/C25H27BrN2O5.C15H23N3O3.C12H11BrO3/c1-30-20-13-17(14-21(31-2)23(20)26)18-8-9-19(33-18)24(29)25(32-3)16-7-10-22(27-15-16)28-11-5-4-6-12-28;1-17(21-3)15(19)14(20-2)12-7-8-13(16-11-12)18-9-5-4-6-10-18;1-14-10-6-8(9-4-3-5-16-9)7-11(15-2)12(10)13/h7-10,13-15,25H,4-6,11-12H2,1-3H3;7-8,11,14H,4-6,9-10H2,1-3H3;3-7H,1-2H3. The first-order chi connectivity index (χ1) is 34.0. The number of likely N-dealkylation sites (N-methyl/N-ethyl adjacent to an activating group) is 1. The summed E-state index contributed by atoms with van der Waals surface area (Å²) >= 11 is 6.88. The van der Waals surface area contributed by atoms with E-state index in [-0.39, 0.29) is 17.5 Å². The molecule has 1 amide bonds. The minimum absolute atomic E-state index is 0.206. The summed E-state index contributed by atoms with van der Waals surface area (Å²) in [6.45, 7) is 4.12. The van der Waals surface area contributed by atoms with E-state index < -0.39 is 12.2 Å². The lowest BCUT2D eigenvalue weighted by Crippen LogP contribution is -2.32. The molecule has 0 saturated carbocycles. The molecule has 2 atom stereocenters. The number of anilines is 2. The maximum Gasteiger partial charge on any atom is 0.279 e. The van der Waals surface area contributed by atoms with Gasteiger partial charge in [0, 0.05) is 82.1 Å². The number of furan rings is 2. The number of carbonyl (C=O) groups excluding carboxylic acids is 2. The number of halogens is 2. The summed E-state index contributed by atoms with van der Waals surface area (Å²) in [6, 6.07) is 22.3. The third-order valence-corrected chi connectivity index (χ3v) is 13.4. The van der Waals surface area contributed by atoms with Crippen LogP contribution in [0.4, 0.5) is 11.6 Å². The largest absolute Gasteiger partial charge is 0.495 e. The highest BCUT2D eigenvalue weighted by molar-refractivity contribution is 9.11. The zero-order valence-electron chi connectivity index (χ0n) is 40.9. The number of hydrogen-bond acceptors (Lipinski definition) is 15. The third-order valence-electron chi connectivity index (χ3n) is 11.9. The summed E-state index contributed by atoms with van der Waals surface area (Å²) in [5, 5.41) is 1.16. The van der Waals surface area contributed by atoms with Crippen molar-refractivity contribution in [1.29, 1.82) is 0 Å². The molecule has 16 nitrogen and oxygen atoms in total. The number of nitrogens with zero attached hydrogens (tertiary/aromatic N) is 5. The predicted molar refractivity (Wildman–Crippen MR) is 274 cm³/mol. The van der Waals surface area contributed by atoms with Crippen LogP contribution in [0.2, 0.25) is 0 Å². The second-order valence-corrected chi connectivity index (χ2v) is 17.7. The molecule has 6 aromatic rings. The number of aromatic nitrogens is 2. The van der Waals surface area contributed by atoms with E-state index in [0.717, 1.165) is 69.8 Å². The molecule has 374 valence electrons. The van der Waals surface area contributed by atoms with Crippen molar-refractivity contribution in [3.63, 3.8) is 0 Å². The van der Waals surface area contributed by atoms with Crippen LogP contribution in [-0.2, 0) is 19.1 Å². The van der Waals surface area contributed by atoms with Gasteiger partial charge in [-0.1, -0.05) is 12.1 Å². The van der Waals surface area contributed by atoms with Gasteiger partial charge in [0.05, 0.1) is 41.8 Å². The average molecular weight is 1090 g/mol. The monoisotopic (exact) mass is 1090 g/mol. The van der Waals surface area contributed by atoms with Crippen LogP contribution in [-0.4, -0.2) is 110 Å². The molecule has 4 aromatic heterocycles. The summed E-state index contributed by atoms with van der Waals surface area (Å²) in [5.41, 5.74) is 3.06. The molecule has 6 heterocycles. The van der Waals surface area contributed by atoms with Crippen LogP contribution >= 0.6 is 31.9 Å². The quantitative estimate of drug-likeness (QED) is 0.0665. The van der Waals surface area contributed by atoms with Crippen LogP contribution in [0.1, 0.15) is 72.4 Å². The van der Waals surface area contributed by atoms with E-state index in [0.29, 0.717) is 38.8 Å². The van der Waals surface area contributed by atoms with Gasteiger partial charge >= 0.3 is 0 Å². The van der Waals surface area contributed by atoms with Gasteiger partial charge in [-0.15, -0.1) is 0 Å². The molecule has 2 fully saturated rings. The Balaban J connectivity index is 0.000000186. The lowest BCUT2D eigenvalue weighted by molar-refractivity contribution is -0.179. The maximum absolute atomic E-state index is 13.2. The molecule has 2 aliphatic heterocycles. The van der Waals surface area contributed by atoms with Gasteiger partial charge in [-0.2, -0.15) is 0 Å². The number of ether oxygens (including phenoxy) is 6. The SMILES string of the molecule is COC(C(=O)N(C)OC)c1ccc(N2CCCCC2)nc1.COc1cc(-c2ccc(C(=O)C(OC)c3ccc(N4CCCCC4)nc3)o2)cc(OC)c1Br.COc1cc(-c2ccco2)cc(OC)c1Br. The average Bonchev–Trinajstić information content (AvgIpc) is 4.15. The lowest BCUT2D eigenvalue weighted by atomic mass is 10.1. The minimum Gasteiger partial charge on any atom is -0.495 e. The summed E-state index contributed by atoms with van der Waals surface area (Å²) < 4.78 is 44.9.